The minimum Gasteiger partial charge on any atom is -0.321 e. The summed E-state index contributed by atoms with van der Waals surface area (Å²) in [6.07, 6.45) is 1.35. The van der Waals surface area contributed by atoms with Gasteiger partial charge < -0.3 is 5.32 Å². The predicted molar refractivity (Wildman–Crippen MR) is 132 cm³/mol. The number of benzene rings is 3. The van der Waals surface area contributed by atoms with Crippen molar-refractivity contribution in [3.05, 3.63) is 93.0 Å². The third-order valence-corrected chi connectivity index (χ3v) is 6.70. The molecule has 0 fully saturated rings. The molecule has 0 aromatic heterocycles. The molecule has 0 bridgehead atoms. The van der Waals surface area contributed by atoms with Crippen LogP contribution in [-0.2, 0) is 14.8 Å². The van der Waals surface area contributed by atoms with E-state index in [-0.39, 0.29) is 10.5 Å². The first kappa shape index (κ1) is 24.3. The maximum atomic E-state index is 12.8. The zero-order valence-electron chi connectivity index (χ0n) is 17.7. The quantitative estimate of drug-likeness (QED) is 0.322. The van der Waals surface area contributed by atoms with E-state index in [0.29, 0.717) is 27.0 Å². The number of halogens is 2. The summed E-state index contributed by atoms with van der Waals surface area (Å²) in [5, 5.41) is 12.7. The predicted octanol–water partition coefficient (Wildman–Crippen LogP) is 5.96. The number of nitriles is 1. The molecule has 0 unspecified atom stereocenters. The molecule has 9 heteroatoms. The molecule has 0 atom stereocenters. The SMILES string of the molecule is Cc1cccc(C)c1NS(=O)(=O)c1ccc(NC(=O)C(C#N)=Cc2ccc(Cl)cc2Cl)cc1. The zero-order valence-corrected chi connectivity index (χ0v) is 20.0. The van der Waals surface area contributed by atoms with Crippen LogP contribution >= 0.6 is 23.2 Å². The molecule has 0 saturated carbocycles. The van der Waals surface area contributed by atoms with E-state index in [1.807, 2.05) is 38.1 Å². The van der Waals surface area contributed by atoms with Crippen LogP contribution in [0.3, 0.4) is 0 Å². The first-order valence-electron chi connectivity index (χ1n) is 9.68. The van der Waals surface area contributed by atoms with Crippen LogP contribution in [0.4, 0.5) is 11.4 Å². The lowest BCUT2D eigenvalue weighted by molar-refractivity contribution is -0.112. The number of sulfonamides is 1. The molecule has 3 aromatic rings. The van der Waals surface area contributed by atoms with Crippen molar-refractivity contribution in [3.8, 4) is 6.07 Å². The molecule has 0 heterocycles. The van der Waals surface area contributed by atoms with Crippen molar-refractivity contribution in [3.63, 3.8) is 0 Å². The summed E-state index contributed by atoms with van der Waals surface area (Å²) in [6.45, 7) is 3.64. The van der Waals surface area contributed by atoms with E-state index in [1.54, 1.807) is 12.1 Å². The van der Waals surface area contributed by atoms with Gasteiger partial charge in [0.05, 0.1) is 10.6 Å². The van der Waals surface area contributed by atoms with E-state index in [2.05, 4.69) is 10.0 Å². The van der Waals surface area contributed by atoms with Gasteiger partial charge in [-0.05, 0) is 73.0 Å². The van der Waals surface area contributed by atoms with Gasteiger partial charge in [0.2, 0.25) is 0 Å². The van der Waals surface area contributed by atoms with Gasteiger partial charge in [-0.25, -0.2) is 8.42 Å². The largest absolute Gasteiger partial charge is 0.321 e. The van der Waals surface area contributed by atoms with Crippen molar-refractivity contribution in [2.75, 3.05) is 10.0 Å². The fourth-order valence-corrected chi connectivity index (χ4v) is 4.67. The number of aryl methyl sites for hydroxylation is 2. The minimum atomic E-state index is -3.83. The molecular formula is C24H19Cl2N3O3S. The van der Waals surface area contributed by atoms with Gasteiger partial charge >= 0.3 is 0 Å². The third kappa shape index (κ3) is 5.93. The fraction of sp³-hybridized carbons (Fsp3) is 0.0833. The summed E-state index contributed by atoms with van der Waals surface area (Å²) in [6, 6.07) is 17.7. The lowest BCUT2D eigenvalue weighted by Crippen LogP contribution is -2.16. The number of carbonyl (C=O) groups is 1. The number of rotatable bonds is 6. The molecule has 3 aromatic carbocycles. The molecule has 6 nitrogen and oxygen atoms in total. The van der Waals surface area contributed by atoms with Crippen LogP contribution in [0.1, 0.15) is 16.7 Å². The molecule has 0 aliphatic carbocycles. The number of nitrogens with one attached hydrogen (secondary N) is 2. The van der Waals surface area contributed by atoms with E-state index >= 15 is 0 Å². The topological polar surface area (TPSA) is 99.1 Å². The van der Waals surface area contributed by atoms with Crippen molar-refractivity contribution in [2.24, 2.45) is 0 Å². The van der Waals surface area contributed by atoms with Crippen LogP contribution in [-0.4, -0.2) is 14.3 Å². The minimum absolute atomic E-state index is 0.0344. The average Bonchev–Trinajstić information content (AvgIpc) is 2.76. The van der Waals surface area contributed by atoms with Crippen LogP contribution in [0.15, 0.2) is 71.1 Å². The van der Waals surface area contributed by atoms with E-state index < -0.39 is 15.9 Å². The van der Waals surface area contributed by atoms with Gasteiger partial charge in [0.15, 0.2) is 0 Å². The lowest BCUT2D eigenvalue weighted by Gasteiger charge is -2.13. The van der Waals surface area contributed by atoms with Crippen LogP contribution in [0.5, 0.6) is 0 Å². The van der Waals surface area contributed by atoms with Gasteiger partial charge in [-0.15, -0.1) is 0 Å². The molecular weight excluding hydrogens is 481 g/mol. The Balaban J connectivity index is 1.77. The summed E-state index contributed by atoms with van der Waals surface area (Å²) in [4.78, 5) is 12.6. The molecule has 0 aliphatic rings. The third-order valence-electron chi connectivity index (χ3n) is 4.77. The smallest absolute Gasteiger partial charge is 0.266 e. The summed E-state index contributed by atoms with van der Waals surface area (Å²) in [5.41, 5.74) is 2.76. The summed E-state index contributed by atoms with van der Waals surface area (Å²) >= 11 is 12.0. The monoisotopic (exact) mass is 499 g/mol. The Labute approximate surface area is 202 Å². The molecule has 33 heavy (non-hydrogen) atoms. The summed E-state index contributed by atoms with van der Waals surface area (Å²) in [7, 11) is -3.83. The second-order valence-electron chi connectivity index (χ2n) is 7.19. The highest BCUT2D eigenvalue weighted by molar-refractivity contribution is 7.92. The van der Waals surface area contributed by atoms with Gasteiger partial charge in [0, 0.05) is 15.7 Å². The Morgan fingerprint density at radius 3 is 2.21 bits per heavy atom. The van der Waals surface area contributed by atoms with Crippen LogP contribution in [0, 0.1) is 25.2 Å². The number of amides is 1. The lowest BCUT2D eigenvalue weighted by atomic mass is 10.1. The Kier molecular flexibility index (Phi) is 7.44. The number of nitrogens with zero attached hydrogens (tertiary/aromatic N) is 1. The Bertz CT molecular complexity index is 1370. The number of hydrogen-bond donors (Lipinski definition) is 2. The molecule has 0 saturated heterocycles. The van der Waals surface area contributed by atoms with Crippen molar-refractivity contribution >= 4 is 56.6 Å². The molecule has 168 valence electrons. The van der Waals surface area contributed by atoms with Crippen LogP contribution in [0.25, 0.3) is 6.08 Å². The molecule has 1 amide bonds. The standard InChI is InChI=1S/C24H19Cl2N3O3S/c1-15-4-3-5-16(2)23(15)29-33(31,32)21-10-8-20(9-11-21)28-24(30)18(14-27)12-17-6-7-19(25)13-22(17)26/h3-13,29H,1-2H3,(H,28,30). The van der Waals surface area contributed by atoms with E-state index in [0.717, 1.165) is 11.1 Å². The van der Waals surface area contributed by atoms with Gasteiger partial charge in [0.25, 0.3) is 15.9 Å². The van der Waals surface area contributed by atoms with Gasteiger partial charge in [-0.1, -0.05) is 47.5 Å². The first-order valence-corrected chi connectivity index (χ1v) is 11.9. The fourth-order valence-electron chi connectivity index (χ4n) is 3.01. The second-order valence-corrected chi connectivity index (χ2v) is 9.71. The number of anilines is 2. The molecule has 0 aliphatic heterocycles. The number of para-hydroxylation sites is 1. The Hall–Kier alpha value is -3.31. The van der Waals surface area contributed by atoms with Crippen molar-refractivity contribution in [1.82, 2.24) is 0 Å². The maximum Gasteiger partial charge on any atom is 0.266 e. The first-order chi connectivity index (χ1) is 15.6. The average molecular weight is 500 g/mol. The van der Waals surface area contributed by atoms with Crippen LogP contribution < -0.4 is 10.0 Å². The van der Waals surface area contributed by atoms with E-state index in [1.165, 1.54) is 36.4 Å². The Morgan fingerprint density at radius 1 is 1.00 bits per heavy atom. The van der Waals surface area contributed by atoms with Gasteiger partial charge in [0.1, 0.15) is 11.6 Å². The molecule has 3 rings (SSSR count). The molecule has 0 radical (unpaired) electrons. The molecule has 2 N–H and O–H groups in total. The molecule has 0 spiro atoms. The Morgan fingerprint density at radius 2 is 1.64 bits per heavy atom. The van der Waals surface area contributed by atoms with Crippen molar-refractivity contribution < 1.29 is 13.2 Å². The van der Waals surface area contributed by atoms with Gasteiger partial charge in [-0.3, -0.25) is 9.52 Å². The van der Waals surface area contributed by atoms with E-state index in [9.17, 15) is 18.5 Å². The van der Waals surface area contributed by atoms with Crippen molar-refractivity contribution in [2.45, 2.75) is 18.7 Å². The van der Waals surface area contributed by atoms with Gasteiger partial charge in [-0.2, -0.15) is 5.26 Å². The van der Waals surface area contributed by atoms with Crippen LogP contribution in [0.2, 0.25) is 10.0 Å². The van der Waals surface area contributed by atoms with Crippen molar-refractivity contribution in [1.29, 1.82) is 5.26 Å². The highest BCUT2D eigenvalue weighted by Crippen LogP contribution is 2.25. The normalized spacial score (nSPS) is 11.5. The second kappa shape index (κ2) is 10.1. The maximum absolute atomic E-state index is 12.8. The number of hydrogen-bond acceptors (Lipinski definition) is 4. The summed E-state index contributed by atoms with van der Waals surface area (Å²) < 4.78 is 28.2. The highest BCUT2D eigenvalue weighted by atomic mass is 35.5. The zero-order chi connectivity index (χ0) is 24.2. The summed E-state index contributed by atoms with van der Waals surface area (Å²) in [5.74, 6) is -0.659. The van der Waals surface area contributed by atoms with E-state index in [4.69, 9.17) is 23.2 Å². The highest BCUT2D eigenvalue weighted by Gasteiger charge is 2.17. The number of carbonyl (C=O) groups excluding carboxylic acids is 1.